The molecule has 1 aliphatic heterocycles. The monoisotopic (exact) mass is 313 g/mol. The molecule has 3 heterocycles. The molecule has 1 aliphatic carbocycles. The Morgan fingerprint density at radius 3 is 3.09 bits per heavy atom. The number of morpholine rings is 1. The zero-order valence-electron chi connectivity index (χ0n) is 12.9. The van der Waals surface area contributed by atoms with Crippen LogP contribution < -0.4 is 0 Å². The van der Waals surface area contributed by atoms with E-state index in [2.05, 4.69) is 10.1 Å². The lowest BCUT2D eigenvalue weighted by molar-refractivity contribution is -0.0755. The second kappa shape index (κ2) is 6.12. The average molecular weight is 313 g/mol. The zero-order valence-corrected chi connectivity index (χ0v) is 12.9. The fourth-order valence-corrected chi connectivity index (χ4v) is 3.52. The van der Waals surface area contributed by atoms with Crippen molar-refractivity contribution >= 4 is 5.91 Å². The quantitative estimate of drug-likeness (QED) is 0.852. The van der Waals surface area contributed by atoms with E-state index in [1.807, 2.05) is 17.0 Å². The van der Waals surface area contributed by atoms with Crippen molar-refractivity contribution in [3.05, 3.63) is 36.3 Å². The smallest absolute Gasteiger partial charge is 0.276 e. The first-order chi connectivity index (χ1) is 11.3. The molecular formula is C17H19N3O3. The number of amides is 1. The van der Waals surface area contributed by atoms with Gasteiger partial charge in [0, 0.05) is 30.6 Å². The van der Waals surface area contributed by atoms with Gasteiger partial charge < -0.3 is 14.2 Å². The fraction of sp³-hybridized carbons (Fsp3) is 0.471. The number of nitrogens with zero attached hydrogens (tertiary/aromatic N) is 3. The summed E-state index contributed by atoms with van der Waals surface area (Å²) in [5.41, 5.74) is 1.17. The number of aromatic nitrogens is 2. The summed E-state index contributed by atoms with van der Waals surface area (Å²) in [5.74, 6) is 0.499. The van der Waals surface area contributed by atoms with Gasteiger partial charge in [-0.25, -0.2) is 0 Å². The molecule has 1 saturated heterocycles. The van der Waals surface area contributed by atoms with E-state index in [1.165, 1.54) is 6.42 Å². The summed E-state index contributed by atoms with van der Waals surface area (Å²) in [5, 5.41) is 3.97. The van der Waals surface area contributed by atoms with Crippen LogP contribution in [0.15, 0.2) is 35.1 Å². The van der Waals surface area contributed by atoms with Crippen molar-refractivity contribution in [2.24, 2.45) is 0 Å². The van der Waals surface area contributed by atoms with Gasteiger partial charge in [-0.2, -0.15) is 0 Å². The Bertz CT molecular complexity index is 683. The fourth-order valence-electron chi connectivity index (χ4n) is 3.52. The lowest BCUT2D eigenvalue weighted by atomic mass is 9.90. The standard InChI is InChI=1S/C17H19N3O3/c21-17(20-8-9-22-15-6-2-1-5-14(15)20)13-10-16(23-19-13)12-4-3-7-18-11-12/h3-4,7,10-11,14-15H,1-2,5-6,8-9H2/t14-,15+/m1/s1. The van der Waals surface area contributed by atoms with Gasteiger partial charge in [-0.1, -0.05) is 18.0 Å². The van der Waals surface area contributed by atoms with Crippen LogP contribution in [0.2, 0.25) is 0 Å². The van der Waals surface area contributed by atoms with Crippen molar-refractivity contribution in [1.82, 2.24) is 15.0 Å². The van der Waals surface area contributed by atoms with Crippen LogP contribution in [-0.4, -0.2) is 46.2 Å². The van der Waals surface area contributed by atoms with Gasteiger partial charge in [0.05, 0.1) is 18.8 Å². The summed E-state index contributed by atoms with van der Waals surface area (Å²) in [4.78, 5) is 18.8. The van der Waals surface area contributed by atoms with Crippen LogP contribution in [0.3, 0.4) is 0 Å². The van der Waals surface area contributed by atoms with Crippen molar-refractivity contribution in [2.75, 3.05) is 13.2 Å². The van der Waals surface area contributed by atoms with Gasteiger partial charge in [-0.3, -0.25) is 9.78 Å². The van der Waals surface area contributed by atoms with E-state index in [0.29, 0.717) is 24.6 Å². The van der Waals surface area contributed by atoms with Gasteiger partial charge in [0.25, 0.3) is 5.91 Å². The second-order valence-electron chi connectivity index (χ2n) is 6.08. The molecule has 2 aliphatic rings. The van der Waals surface area contributed by atoms with Crippen molar-refractivity contribution in [2.45, 2.75) is 37.8 Å². The molecule has 2 atom stereocenters. The lowest BCUT2D eigenvalue weighted by Gasteiger charge is -2.43. The molecule has 120 valence electrons. The molecule has 23 heavy (non-hydrogen) atoms. The van der Waals surface area contributed by atoms with E-state index < -0.39 is 0 Å². The van der Waals surface area contributed by atoms with Gasteiger partial charge in [-0.05, 0) is 25.0 Å². The molecule has 0 N–H and O–H groups in total. The molecular weight excluding hydrogens is 294 g/mol. The molecule has 6 heteroatoms. The van der Waals surface area contributed by atoms with Crippen LogP contribution in [0.4, 0.5) is 0 Å². The minimum atomic E-state index is -0.0657. The number of carbonyl (C=O) groups is 1. The third-order valence-corrected chi connectivity index (χ3v) is 4.67. The minimum Gasteiger partial charge on any atom is -0.374 e. The highest BCUT2D eigenvalue weighted by Gasteiger charge is 2.37. The van der Waals surface area contributed by atoms with Crippen LogP contribution in [0, 0.1) is 0 Å². The van der Waals surface area contributed by atoms with Crippen molar-refractivity contribution < 1.29 is 14.1 Å². The molecule has 0 unspecified atom stereocenters. The van der Waals surface area contributed by atoms with E-state index in [0.717, 1.165) is 24.8 Å². The van der Waals surface area contributed by atoms with Crippen molar-refractivity contribution in [3.63, 3.8) is 0 Å². The van der Waals surface area contributed by atoms with Gasteiger partial charge in [0.1, 0.15) is 0 Å². The number of hydrogen-bond donors (Lipinski definition) is 0. The highest BCUT2D eigenvalue weighted by Crippen LogP contribution is 2.30. The van der Waals surface area contributed by atoms with Crippen molar-refractivity contribution in [1.29, 1.82) is 0 Å². The summed E-state index contributed by atoms with van der Waals surface area (Å²) >= 11 is 0. The minimum absolute atomic E-state index is 0.0657. The molecule has 1 amide bonds. The number of ether oxygens (including phenoxy) is 1. The molecule has 1 saturated carbocycles. The summed E-state index contributed by atoms with van der Waals surface area (Å²) in [6.45, 7) is 1.22. The first-order valence-electron chi connectivity index (χ1n) is 8.12. The number of fused-ring (bicyclic) bond motifs is 1. The molecule has 6 nitrogen and oxygen atoms in total. The molecule has 0 spiro atoms. The van der Waals surface area contributed by atoms with Crippen LogP contribution in [0.5, 0.6) is 0 Å². The molecule has 0 bridgehead atoms. The van der Waals surface area contributed by atoms with Gasteiger partial charge in [0.2, 0.25) is 0 Å². The van der Waals surface area contributed by atoms with Gasteiger partial charge in [0.15, 0.2) is 11.5 Å². The zero-order chi connectivity index (χ0) is 15.6. The number of carbonyl (C=O) groups excluding carboxylic acids is 1. The molecule has 0 radical (unpaired) electrons. The van der Waals surface area contributed by atoms with Crippen LogP contribution in [-0.2, 0) is 4.74 Å². The van der Waals surface area contributed by atoms with E-state index in [4.69, 9.17) is 9.26 Å². The summed E-state index contributed by atoms with van der Waals surface area (Å²) in [6, 6.07) is 5.58. The maximum absolute atomic E-state index is 12.8. The Hall–Kier alpha value is -2.21. The average Bonchev–Trinajstić information content (AvgIpc) is 3.11. The Balaban J connectivity index is 1.56. The highest BCUT2D eigenvalue weighted by atomic mass is 16.5. The SMILES string of the molecule is O=C(c1cc(-c2cccnc2)on1)N1CCO[C@H]2CCCC[C@H]21. The van der Waals surface area contributed by atoms with Crippen LogP contribution >= 0.6 is 0 Å². The summed E-state index contributed by atoms with van der Waals surface area (Å²) in [6.07, 6.45) is 7.93. The first kappa shape index (κ1) is 14.4. The predicted molar refractivity (Wildman–Crippen MR) is 82.8 cm³/mol. The Kier molecular flexibility index (Phi) is 3.83. The summed E-state index contributed by atoms with van der Waals surface area (Å²) < 4.78 is 11.2. The van der Waals surface area contributed by atoms with E-state index in [9.17, 15) is 4.79 Å². The van der Waals surface area contributed by atoms with E-state index in [1.54, 1.807) is 18.5 Å². The normalized spacial score (nSPS) is 24.3. The van der Waals surface area contributed by atoms with E-state index in [-0.39, 0.29) is 18.1 Å². The number of rotatable bonds is 2. The summed E-state index contributed by atoms with van der Waals surface area (Å²) in [7, 11) is 0. The maximum Gasteiger partial charge on any atom is 0.276 e. The molecule has 2 aromatic rings. The number of hydrogen-bond acceptors (Lipinski definition) is 5. The Morgan fingerprint density at radius 2 is 2.22 bits per heavy atom. The Labute approximate surface area is 134 Å². The maximum atomic E-state index is 12.8. The van der Waals surface area contributed by atoms with Crippen LogP contribution in [0.1, 0.15) is 36.2 Å². The molecule has 4 rings (SSSR count). The molecule has 2 aromatic heterocycles. The van der Waals surface area contributed by atoms with Gasteiger partial charge in [-0.15, -0.1) is 0 Å². The van der Waals surface area contributed by atoms with Gasteiger partial charge >= 0.3 is 0 Å². The molecule has 0 aromatic carbocycles. The van der Waals surface area contributed by atoms with E-state index >= 15 is 0 Å². The highest BCUT2D eigenvalue weighted by molar-refractivity contribution is 5.93. The third kappa shape index (κ3) is 2.74. The first-order valence-corrected chi connectivity index (χ1v) is 8.12. The number of pyridine rings is 1. The van der Waals surface area contributed by atoms with Crippen molar-refractivity contribution in [3.8, 4) is 11.3 Å². The topological polar surface area (TPSA) is 68.5 Å². The third-order valence-electron chi connectivity index (χ3n) is 4.67. The van der Waals surface area contributed by atoms with Crippen LogP contribution in [0.25, 0.3) is 11.3 Å². The predicted octanol–water partition coefficient (Wildman–Crippen LogP) is 2.52. The Morgan fingerprint density at radius 1 is 1.30 bits per heavy atom. The lowest BCUT2D eigenvalue weighted by Crippen LogP contribution is -2.54. The largest absolute Gasteiger partial charge is 0.374 e. The second-order valence-corrected chi connectivity index (χ2v) is 6.08. The molecule has 2 fully saturated rings.